The van der Waals surface area contributed by atoms with Gasteiger partial charge in [0.25, 0.3) is 0 Å². The molecule has 2 nitrogen and oxygen atoms in total. The van der Waals surface area contributed by atoms with E-state index in [2.05, 4.69) is 128 Å². The van der Waals surface area contributed by atoms with Crippen LogP contribution in [-0.2, 0) is 18.3 Å². The lowest BCUT2D eigenvalue weighted by Gasteiger charge is -2.29. The molecule has 2 heteroatoms. The molecule has 236 valence electrons. The number of fused-ring (bicyclic) bond motifs is 3. The second kappa shape index (κ2) is 11.1. The maximum Gasteiger partial charge on any atom is 0.131 e. The Morgan fingerprint density at radius 3 is 1.65 bits per heavy atom. The molecular formula is C44H49NO. The van der Waals surface area contributed by atoms with Crippen molar-refractivity contribution in [2.24, 2.45) is 0 Å². The number of ether oxygens (including phenoxy) is 1. The molecule has 0 fully saturated rings. The molecule has 3 aliphatic carbocycles. The third-order valence-electron chi connectivity index (χ3n) is 10.5. The summed E-state index contributed by atoms with van der Waals surface area (Å²) in [6, 6.07) is 19.2. The zero-order chi connectivity index (χ0) is 32.7. The highest BCUT2D eigenvalue weighted by Crippen LogP contribution is 2.51. The molecule has 0 aromatic heterocycles. The Labute approximate surface area is 276 Å². The summed E-state index contributed by atoms with van der Waals surface area (Å²) >= 11 is 0. The fraction of sp³-hybridized carbons (Fsp3) is 0.364. The van der Waals surface area contributed by atoms with E-state index < -0.39 is 0 Å². The molecule has 4 aromatic rings. The van der Waals surface area contributed by atoms with Crippen LogP contribution < -0.4 is 10.1 Å². The summed E-state index contributed by atoms with van der Waals surface area (Å²) in [5.41, 5.74) is 23.0. The molecule has 0 radical (unpaired) electrons. The molecular weight excluding hydrogens is 558 g/mol. The monoisotopic (exact) mass is 607 g/mol. The standard InChI is InChI=1S/C44H49NO/c1-24-14-25(2)17-31(16-24)39-33-13-11-12-30(33)22-36-34(39)20-28(5)41(36)45-42-29(6)21-35-37(42)23-38(44(7,8)9)43(46-10)40(35)32-18-26(3)15-27(4)19-32/h14-23,41-42,45H,11-13H2,1-10H3. The van der Waals surface area contributed by atoms with Crippen molar-refractivity contribution in [1.29, 1.82) is 0 Å². The first kappa shape index (κ1) is 30.8. The van der Waals surface area contributed by atoms with Gasteiger partial charge in [-0.25, -0.2) is 0 Å². The number of nitrogens with one attached hydrogen (secondary N) is 1. The van der Waals surface area contributed by atoms with E-state index in [0.717, 1.165) is 5.75 Å². The zero-order valence-electron chi connectivity index (χ0n) is 29.5. The van der Waals surface area contributed by atoms with Gasteiger partial charge in [0.15, 0.2) is 0 Å². The Bertz CT molecular complexity index is 1940. The maximum atomic E-state index is 6.29. The Hall–Kier alpha value is -3.88. The van der Waals surface area contributed by atoms with Crippen molar-refractivity contribution >= 4 is 12.2 Å². The quantitative estimate of drug-likeness (QED) is 0.244. The third-order valence-corrected chi connectivity index (χ3v) is 10.5. The summed E-state index contributed by atoms with van der Waals surface area (Å²) in [6.07, 6.45) is 8.47. The predicted molar refractivity (Wildman–Crippen MR) is 196 cm³/mol. The molecule has 0 aliphatic heterocycles. The van der Waals surface area contributed by atoms with Crippen molar-refractivity contribution in [2.45, 2.75) is 99.1 Å². The topological polar surface area (TPSA) is 21.3 Å². The van der Waals surface area contributed by atoms with Gasteiger partial charge in [-0.3, -0.25) is 5.32 Å². The Morgan fingerprint density at radius 1 is 0.630 bits per heavy atom. The number of rotatable bonds is 5. The highest BCUT2D eigenvalue weighted by Gasteiger charge is 2.36. The molecule has 1 N–H and O–H groups in total. The van der Waals surface area contributed by atoms with Crippen LogP contribution in [0.15, 0.2) is 59.7 Å². The third kappa shape index (κ3) is 5.06. The largest absolute Gasteiger partial charge is 0.496 e. The van der Waals surface area contributed by atoms with Crippen LogP contribution in [-0.4, -0.2) is 7.11 Å². The smallest absolute Gasteiger partial charge is 0.131 e. The van der Waals surface area contributed by atoms with Crippen LogP contribution in [0.25, 0.3) is 34.4 Å². The lowest BCUT2D eigenvalue weighted by atomic mass is 9.80. The van der Waals surface area contributed by atoms with Gasteiger partial charge in [-0.1, -0.05) is 109 Å². The first-order valence-corrected chi connectivity index (χ1v) is 17.1. The second-order valence-electron chi connectivity index (χ2n) is 15.4. The molecule has 7 rings (SSSR count). The van der Waals surface area contributed by atoms with E-state index in [1.807, 2.05) is 7.11 Å². The fourth-order valence-corrected chi connectivity index (χ4v) is 8.62. The highest BCUT2D eigenvalue weighted by molar-refractivity contribution is 5.89. The molecule has 2 unspecified atom stereocenters. The number of hydrogen-bond acceptors (Lipinski definition) is 2. The van der Waals surface area contributed by atoms with Gasteiger partial charge in [0.2, 0.25) is 0 Å². The summed E-state index contributed by atoms with van der Waals surface area (Å²) in [5.74, 6) is 0.997. The van der Waals surface area contributed by atoms with Gasteiger partial charge >= 0.3 is 0 Å². The van der Waals surface area contributed by atoms with Crippen LogP contribution in [0.3, 0.4) is 0 Å². The first-order chi connectivity index (χ1) is 21.8. The molecule has 0 heterocycles. The Kier molecular flexibility index (Phi) is 7.44. The van der Waals surface area contributed by atoms with Gasteiger partial charge in [0.1, 0.15) is 5.75 Å². The van der Waals surface area contributed by atoms with Crippen molar-refractivity contribution in [2.75, 3.05) is 7.11 Å². The summed E-state index contributed by atoms with van der Waals surface area (Å²) in [7, 11) is 1.83. The summed E-state index contributed by atoms with van der Waals surface area (Å²) < 4.78 is 6.29. The minimum atomic E-state index is -0.0772. The van der Waals surface area contributed by atoms with Gasteiger partial charge in [0, 0.05) is 11.1 Å². The van der Waals surface area contributed by atoms with Crippen LogP contribution >= 0.6 is 0 Å². The molecule has 4 aromatic carbocycles. The summed E-state index contributed by atoms with van der Waals surface area (Å²) in [4.78, 5) is 0. The normalized spacial score (nSPS) is 18.3. The molecule has 0 saturated carbocycles. The number of aryl methyl sites for hydroxylation is 5. The molecule has 46 heavy (non-hydrogen) atoms. The summed E-state index contributed by atoms with van der Waals surface area (Å²) in [5, 5.41) is 4.22. The lowest BCUT2D eigenvalue weighted by Crippen LogP contribution is -2.27. The molecule has 0 amide bonds. The van der Waals surface area contributed by atoms with Crippen molar-refractivity contribution in [3.63, 3.8) is 0 Å². The summed E-state index contributed by atoms with van der Waals surface area (Å²) in [6.45, 7) is 20.4. The van der Waals surface area contributed by atoms with Crippen LogP contribution in [0.5, 0.6) is 5.75 Å². The number of benzene rings is 4. The molecule has 0 saturated heterocycles. The van der Waals surface area contributed by atoms with Gasteiger partial charge in [-0.2, -0.15) is 0 Å². The van der Waals surface area contributed by atoms with Gasteiger partial charge in [-0.15, -0.1) is 0 Å². The Morgan fingerprint density at radius 2 is 1.13 bits per heavy atom. The SMILES string of the molecule is COc1c(C(C)(C)C)cc2c(c1-c1cc(C)cc(C)c1)C=C(C)C2NC1C(C)=Cc2c1cc1c(c2-c2cc(C)cc(C)c2)CCC1. The van der Waals surface area contributed by atoms with Crippen LogP contribution in [0.2, 0.25) is 0 Å². The second-order valence-corrected chi connectivity index (χ2v) is 15.4. The van der Waals surface area contributed by atoms with E-state index >= 15 is 0 Å². The molecule has 3 aliphatic rings. The molecule has 2 atom stereocenters. The average Bonchev–Trinajstić information content (AvgIpc) is 3.64. The van der Waals surface area contributed by atoms with Gasteiger partial charge in [-0.05, 0) is 122 Å². The minimum Gasteiger partial charge on any atom is -0.496 e. The Balaban J connectivity index is 1.38. The maximum absolute atomic E-state index is 6.29. The first-order valence-electron chi connectivity index (χ1n) is 17.1. The number of hydrogen-bond donors (Lipinski definition) is 1. The van der Waals surface area contributed by atoms with Crippen LogP contribution in [0, 0.1) is 27.7 Å². The van der Waals surface area contributed by atoms with E-state index in [1.54, 1.807) is 11.1 Å². The van der Waals surface area contributed by atoms with Crippen LogP contribution in [0.4, 0.5) is 0 Å². The fourth-order valence-electron chi connectivity index (χ4n) is 8.62. The zero-order valence-corrected chi connectivity index (χ0v) is 29.5. The minimum absolute atomic E-state index is 0.0772. The van der Waals surface area contributed by atoms with Crippen molar-refractivity contribution in [1.82, 2.24) is 5.32 Å². The van der Waals surface area contributed by atoms with Crippen molar-refractivity contribution in [3.05, 3.63) is 121 Å². The van der Waals surface area contributed by atoms with Crippen LogP contribution in [0.1, 0.15) is 114 Å². The van der Waals surface area contributed by atoms with E-state index in [1.165, 1.54) is 103 Å². The van der Waals surface area contributed by atoms with Crippen molar-refractivity contribution in [3.8, 4) is 28.0 Å². The predicted octanol–water partition coefficient (Wildman–Crippen LogP) is 11.3. The average molecular weight is 608 g/mol. The van der Waals surface area contributed by atoms with Gasteiger partial charge < -0.3 is 4.74 Å². The lowest BCUT2D eigenvalue weighted by molar-refractivity contribution is 0.398. The highest BCUT2D eigenvalue weighted by atomic mass is 16.5. The molecule has 0 spiro atoms. The number of methoxy groups -OCH3 is 1. The van der Waals surface area contributed by atoms with Crippen molar-refractivity contribution < 1.29 is 4.74 Å². The van der Waals surface area contributed by atoms with E-state index in [0.29, 0.717) is 0 Å². The van der Waals surface area contributed by atoms with E-state index in [-0.39, 0.29) is 17.5 Å². The van der Waals surface area contributed by atoms with E-state index in [4.69, 9.17) is 4.74 Å². The van der Waals surface area contributed by atoms with Gasteiger partial charge in [0.05, 0.1) is 19.2 Å². The molecule has 0 bridgehead atoms. The van der Waals surface area contributed by atoms with E-state index in [9.17, 15) is 0 Å².